The normalized spacial score (nSPS) is 44.4. The standard InChI is InChI=1S/C29H46O7/c1-17(7-10-25(32)34-6)21-8-9-22-26-23(12-13-27(21,22)4)28(5)14-11-20(35-18(2)30)15-29(28,33)16-24(26)36-19(3)31/h17,20-24,26,33H,7-16H2,1-6H3/t17-,20-,21-,22+,23+,24+,26+,27-,28-,29-/m1/s1. The fourth-order valence-corrected chi connectivity index (χ4v) is 9.47. The number of aliphatic hydroxyl groups is 1. The summed E-state index contributed by atoms with van der Waals surface area (Å²) in [5, 5.41) is 12.1. The molecule has 7 nitrogen and oxygen atoms in total. The van der Waals surface area contributed by atoms with E-state index in [0.717, 1.165) is 44.9 Å². The first-order chi connectivity index (χ1) is 16.8. The Balaban J connectivity index is 1.61. The second-order valence-electron chi connectivity index (χ2n) is 12.9. The van der Waals surface area contributed by atoms with Crippen molar-refractivity contribution >= 4 is 17.9 Å². The van der Waals surface area contributed by atoms with Gasteiger partial charge in [-0.15, -0.1) is 0 Å². The lowest BCUT2D eigenvalue weighted by Gasteiger charge is -2.65. The van der Waals surface area contributed by atoms with Gasteiger partial charge in [-0.25, -0.2) is 0 Å². The Bertz CT molecular complexity index is 872. The molecule has 0 aliphatic heterocycles. The van der Waals surface area contributed by atoms with Crippen LogP contribution in [0.15, 0.2) is 0 Å². The lowest BCUT2D eigenvalue weighted by atomic mass is 9.42. The highest BCUT2D eigenvalue weighted by Gasteiger charge is 2.68. The fraction of sp³-hybridized carbons (Fsp3) is 0.897. The molecule has 7 heteroatoms. The third-order valence-corrected chi connectivity index (χ3v) is 11.2. The summed E-state index contributed by atoms with van der Waals surface area (Å²) in [6.45, 7) is 9.80. The van der Waals surface area contributed by atoms with Crippen molar-refractivity contribution in [3.63, 3.8) is 0 Å². The summed E-state index contributed by atoms with van der Waals surface area (Å²) in [4.78, 5) is 35.7. The smallest absolute Gasteiger partial charge is 0.305 e. The number of methoxy groups -OCH3 is 1. The molecular formula is C29H46O7. The van der Waals surface area contributed by atoms with Gasteiger partial charge in [0.15, 0.2) is 0 Å². The summed E-state index contributed by atoms with van der Waals surface area (Å²) in [5.41, 5.74) is -1.22. The summed E-state index contributed by atoms with van der Waals surface area (Å²) in [7, 11) is 1.45. The van der Waals surface area contributed by atoms with Crippen LogP contribution in [-0.4, -0.2) is 47.9 Å². The molecule has 0 aromatic heterocycles. The van der Waals surface area contributed by atoms with Crippen LogP contribution in [0.3, 0.4) is 0 Å². The number of fused-ring (bicyclic) bond motifs is 5. The monoisotopic (exact) mass is 506 g/mol. The van der Waals surface area contributed by atoms with Crippen molar-refractivity contribution in [3.8, 4) is 0 Å². The Morgan fingerprint density at radius 3 is 2.28 bits per heavy atom. The van der Waals surface area contributed by atoms with Gasteiger partial charge in [0.05, 0.1) is 12.7 Å². The highest BCUT2D eigenvalue weighted by atomic mass is 16.5. The molecular weight excluding hydrogens is 460 g/mol. The average Bonchev–Trinajstić information content (AvgIpc) is 3.14. The minimum absolute atomic E-state index is 0.121. The molecule has 0 radical (unpaired) electrons. The van der Waals surface area contributed by atoms with E-state index >= 15 is 0 Å². The van der Waals surface area contributed by atoms with Gasteiger partial charge in [0, 0.05) is 39.0 Å². The van der Waals surface area contributed by atoms with Gasteiger partial charge in [0.1, 0.15) is 12.2 Å². The Morgan fingerprint density at radius 1 is 0.944 bits per heavy atom. The second-order valence-corrected chi connectivity index (χ2v) is 12.9. The molecule has 10 atom stereocenters. The predicted octanol–water partition coefficient (Wildman–Crippen LogP) is 4.82. The van der Waals surface area contributed by atoms with Crippen molar-refractivity contribution in [2.45, 2.75) is 117 Å². The fourth-order valence-electron chi connectivity index (χ4n) is 9.47. The van der Waals surface area contributed by atoms with Crippen molar-refractivity contribution in [2.75, 3.05) is 7.11 Å². The highest BCUT2D eigenvalue weighted by molar-refractivity contribution is 5.69. The first-order valence-electron chi connectivity index (χ1n) is 14.0. The molecule has 36 heavy (non-hydrogen) atoms. The van der Waals surface area contributed by atoms with Gasteiger partial charge in [0.2, 0.25) is 0 Å². The molecule has 204 valence electrons. The van der Waals surface area contributed by atoms with Gasteiger partial charge in [-0.1, -0.05) is 20.8 Å². The second kappa shape index (κ2) is 9.92. The van der Waals surface area contributed by atoms with E-state index in [-0.39, 0.29) is 52.8 Å². The lowest BCUT2D eigenvalue weighted by Crippen LogP contribution is -2.67. The highest BCUT2D eigenvalue weighted by Crippen LogP contribution is 2.69. The largest absolute Gasteiger partial charge is 0.469 e. The summed E-state index contributed by atoms with van der Waals surface area (Å²) in [5.74, 6) is 1.04. The van der Waals surface area contributed by atoms with Crippen LogP contribution in [-0.2, 0) is 28.6 Å². The van der Waals surface area contributed by atoms with Crippen LogP contribution in [0.5, 0.6) is 0 Å². The molecule has 0 aromatic carbocycles. The number of ether oxygens (including phenoxy) is 3. The number of hydrogen-bond acceptors (Lipinski definition) is 7. The van der Waals surface area contributed by atoms with Crippen LogP contribution in [0.2, 0.25) is 0 Å². The van der Waals surface area contributed by atoms with E-state index in [2.05, 4.69) is 20.8 Å². The van der Waals surface area contributed by atoms with Gasteiger partial charge in [0.25, 0.3) is 0 Å². The van der Waals surface area contributed by atoms with E-state index in [1.807, 2.05) is 0 Å². The Kier molecular flexibility index (Phi) is 7.55. The maximum Gasteiger partial charge on any atom is 0.305 e. The van der Waals surface area contributed by atoms with Gasteiger partial charge >= 0.3 is 17.9 Å². The summed E-state index contributed by atoms with van der Waals surface area (Å²) in [6, 6.07) is 0. The number of carbonyl (C=O) groups is 3. The molecule has 1 N–H and O–H groups in total. The van der Waals surface area contributed by atoms with Crippen LogP contribution in [0.4, 0.5) is 0 Å². The summed E-state index contributed by atoms with van der Waals surface area (Å²) in [6.07, 6.45) is 7.29. The zero-order valence-corrected chi connectivity index (χ0v) is 23.0. The molecule has 0 amide bonds. The molecule has 0 heterocycles. The van der Waals surface area contributed by atoms with Gasteiger partial charge in [-0.3, -0.25) is 14.4 Å². The number of carbonyl (C=O) groups excluding carboxylic acids is 3. The van der Waals surface area contributed by atoms with E-state index < -0.39 is 5.60 Å². The quantitative estimate of drug-likeness (QED) is 0.407. The van der Waals surface area contributed by atoms with Crippen molar-refractivity contribution in [2.24, 2.45) is 40.4 Å². The van der Waals surface area contributed by atoms with E-state index in [1.165, 1.54) is 21.0 Å². The van der Waals surface area contributed by atoms with Crippen molar-refractivity contribution in [1.29, 1.82) is 0 Å². The molecule has 0 aromatic rings. The first-order valence-corrected chi connectivity index (χ1v) is 14.0. The third kappa shape index (κ3) is 4.58. The van der Waals surface area contributed by atoms with E-state index in [0.29, 0.717) is 37.0 Å². The molecule has 4 saturated carbocycles. The zero-order valence-electron chi connectivity index (χ0n) is 23.0. The summed E-state index contributed by atoms with van der Waals surface area (Å²) < 4.78 is 16.4. The van der Waals surface area contributed by atoms with E-state index in [1.54, 1.807) is 0 Å². The van der Waals surface area contributed by atoms with Crippen molar-refractivity contribution in [1.82, 2.24) is 0 Å². The van der Waals surface area contributed by atoms with Crippen molar-refractivity contribution < 1.29 is 33.7 Å². The Labute approximate surface area is 216 Å². The van der Waals surface area contributed by atoms with Crippen LogP contribution in [0.25, 0.3) is 0 Å². The third-order valence-electron chi connectivity index (χ3n) is 11.2. The van der Waals surface area contributed by atoms with Crippen LogP contribution in [0.1, 0.15) is 98.8 Å². The molecule has 4 aliphatic rings. The number of esters is 3. The molecule has 4 fully saturated rings. The SMILES string of the molecule is COC(=O)CC[C@@H](C)[C@H]1CC[C@H]2[C@@H]3[C@@H](OC(C)=O)C[C@]4(O)C[C@H](OC(C)=O)CC[C@]4(C)[C@H]3CC[C@]12C. The molecule has 0 unspecified atom stereocenters. The Morgan fingerprint density at radius 2 is 1.64 bits per heavy atom. The van der Waals surface area contributed by atoms with Crippen LogP contribution < -0.4 is 0 Å². The Hall–Kier alpha value is -1.63. The lowest BCUT2D eigenvalue weighted by molar-refractivity contribution is -0.255. The van der Waals surface area contributed by atoms with Crippen LogP contribution >= 0.6 is 0 Å². The van der Waals surface area contributed by atoms with Crippen molar-refractivity contribution in [3.05, 3.63) is 0 Å². The number of hydrogen-bond donors (Lipinski definition) is 1. The van der Waals surface area contributed by atoms with Gasteiger partial charge in [-0.2, -0.15) is 0 Å². The maximum absolute atomic E-state index is 12.2. The average molecular weight is 507 g/mol. The minimum atomic E-state index is -1.04. The van der Waals surface area contributed by atoms with Gasteiger partial charge in [-0.05, 0) is 79.4 Å². The molecule has 4 aliphatic carbocycles. The van der Waals surface area contributed by atoms with E-state index in [9.17, 15) is 19.5 Å². The van der Waals surface area contributed by atoms with Crippen LogP contribution in [0, 0.1) is 40.4 Å². The molecule has 0 spiro atoms. The zero-order chi connectivity index (χ0) is 26.5. The molecule has 4 rings (SSSR count). The topological polar surface area (TPSA) is 99.1 Å². The minimum Gasteiger partial charge on any atom is -0.469 e. The maximum atomic E-state index is 12.2. The molecule has 0 saturated heterocycles. The first kappa shape index (κ1) is 27.4. The number of rotatable bonds is 6. The predicted molar refractivity (Wildman–Crippen MR) is 134 cm³/mol. The summed E-state index contributed by atoms with van der Waals surface area (Å²) >= 11 is 0. The van der Waals surface area contributed by atoms with E-state index in [4.69, 9.17) is 14.2 Å². The molecule has 0 bridgehead atoms. The van der Waals surface area contributed by atoms with Gasteiger partial charge < -0.3 is 19.3 Å².